The van der Waals surface area contributed by atoms with Crippen molar-refractivity contribution in [3.05, 3.63) is 36.0 Å². The Morgan fingerprint density at radius 1 is 1.46 bits per heavy atom. The average Bonchev–Trinajstić information content (AvgIpc) is 3.05. The van der Waals surface area contributed by atoms with Crippen LogP contribution in [-0.2, 0) is 16.1 Å². The largest absolute Gasteiger partial charge is 0.465 e. The maximum absolute atomic E-state index is 13.0. The quantitative estimate of drug-likeness (QED) is 0.766. The molecular formula is C16H18FN3O3S. The standard InChI is InChI=1S/C16H18FN3O3S/c1-2-22-16(21)13-10-24-8-7-20(13)9-14-18-15(19-23-14)11-3-5-12(17)6-4-11/h3-6,13H,2,7-10H2,1H3. The van der Waals surface area contributed by atoms with Crippen molar-refractivity contribution in [3.8, 4) is 11.4 Å². The summed E-state index contributed by atoms with van der Waals surface area (Å²) in [6.07, 6.45) is 0. The predicted octanol–water partition coefficient (Wildman–Crippen LogP) is 2.36. The monoisotopic (exact) mass is 351 g/mol. The van der Waals surface area contributed by atoms with Crippen LogP contribution in [0.1, 0.15) is 12.8 Å². The smallest absolute Gasteiger partial charge is 0.324 e. The van der Waals surface area contributed by atoms with Gasteiger partial charge in [0.05, 0.1) is 13.2 Å². The minimum Gasteiger partial charge on any atom is -0.465 e. The van der Waals surface area contributed by atoms with Crippen LogP contribution >= 0.6 is 11.8 Å². The third kappa shape index (κ3) is 3.93. The third-order valence-corrected chi connectivity index (χ3v) is 4.73. The molecule has 1 fully saturated rings. The van der Waals surface area contributed by atoms with Gasteiger partial charge in [-0.25, -0.2) is 4.39 Å². The maximum atomic E-state index is 13.0. The third-order valence-electron chi connectivity index (χ3n) is 3.71. The number of benzene rings is 1. The van der Waals surface area contributed by atoms with Gasteiger partial charge in [0.2, 0.25) is 11.7 Å². The van der Waals surface area contributed by atoms with Gasteiger partial charge in [0, 0.05) is 23.6 Å². The fraction of sp³-hybridized carbons (Fsp3) is 0.438. The van der Waals surface area contributed by atoms with Gasteiger partial charge < -0.3 is 9.26 Å². The first-order valence-corrected chi connectivity index (χ1v) is 8.90. The summed E-state index contributed by atoms with van der Waals surface area (Å²) in [5.74, 6) is 1.93. The van der Waals surface area contributed by atoms with Crippen molar-refractivity contribution in [2.45, 2.75) is 19.5 Å². The molecule has 8 heteroatoms. The second kappa shape index (κ2) is 7.76. The molecule has 1 unspecified atom stereocenters. The highest BCUT2D eigenvalue weighted by atomic mass is 32.2. The number of ether oxygens (including phenoxy) is 1. The maximum Gasteiger partial charge on any atom is 0.324 e. The van der Waals surface area contributed by atoms with E-state index in [0.29, 0.717) is 36.2 Å². The number of nitrogens with zero attached hydrogens (tertiary/aromatic N) is 3. The highest BCUT2D eigenvalue weighted by Crippen LogP contribution is 2.21. The van der Waals surface area contributed by atoms with E-state index in [1.807, 2.05) is 4.90 Å². The number of carbonyl (C=O) groups is 1. The molecule has 0 amide bonds. The second-order valence-electron chi connectivity index (χ2n) is 5.33. The molecule has 1 aliphatic heterocycles. The molecule has 0 N–H and O–H groups in total. The van der Waals surface area contributed by atoms with E-state index in [9.17, 15) is 9.18 Å². The summed E-state index contributed by atoms with van der Waals surface area (Å²) in [4.78, 5) is 18.4. The van der Waals surface area contributed by atoms with Gasteiger partial charge in [-0.05, 0) is 31.2 Å². The van der Waals surface area contributed by atoms with Gasteiger partial charge in [-0.1, -0.05) is 5.16 Å². The van der Waals surface area contributed by atoms with Gasteiger partial charge in [-0.15, -0.1) is 0 Å². The molecule has 1 aromatic heterocycles. The number of aromatic nitrogens is 2. The Labute approximate surface area is 143 Å². The zero-order valence-electron chi connectivity index (χ0n) is 13.3. The van der Waals surface area contributed by atoms with Crippen molar-refractivity contribution in [2.75, 3.05) is 24.7 Å². The van der Waals surface area contributed by atoms with Crippen molar-refractivity contribution in [1.82, 2.24) is 15.0 Å². The molecule has 0 spiro atoms. The molecule has 1 aliphatic rings. The predicted molar refractivity (Wildman–Crippen MR) is 87.8 cm³/mol. The molecule has 0 saturated carbocycles. The summed E-state index contributed by atoms with van der Waals surface area (Å²) >= 11 is 1.73. The van der Waals surface area contributed by atoms with Crippen molar-refractivity contribution >= 4 is 17.7 Å². The molecule has 2 heterocycles. The Morgan fingerprint density at radius 2 is 2.25 bits per heavy atom. The van der Waals surface area contributed by atoms with Crippen LogP contribution < -0.4 is 0 Å². The lowest BCUT2D eigenvalue weighted by molar-refractivity contribution is -0.149. The Morgan fingerprint density at radius 3 is 3.00 bits per heavy atom. The molecule has 0 aliphatic carbocycles. The molecule has 128 valence electrons. The molecule has 6 nitrogen and oxygen atoms in total. The molecule has 0 radical (unpaired) electrons. The lowest BCUT2D eigenvalue weighted by Crippen LogP contribution is -2.47. The SMILES string of the molecule is CCOC(=O)C1CSCCN1Cc1nc(-c2ccc(F)cc2)no1. The van der Waals surface area contributed by atoms with E-state index in [-0.39, 0.29) is 17.8 Å². The van der Waals surface area contributed by atoms with E-state index in [0.717, 1.165) is 12.3 Å². The van der Waals surface area contributed by atoms with Gasteiger partial charge in [-0.2, -0.15) is 16.7 Å². The van der Waals surface area contributed by atoms with Crippen molar-refractivity contribution < 1.29 is 18.4 Å². The van der Waals surface area contributed by atoms with Gasteiger partial charge in [0.15, 0.2) is 0 Å². The summed E-state index contributed by atoms with van der Waals surface area (Å²) in [7, 11) is 0. The van der Waals surface area contributed by atoms with Crippen LogP contribution in [0.25, 0.3) is 11.4 Å². The number of halogens is 1. The first-order chi connectivity index (χ1) is 11.7. The Bertz CT molecular complexity index is 692. The topological polar surface area (TPSA) is 68.5 Å². The van der Waals surface area contributed by atoms with Crippen LogP contribution in [0, 0.1) is 5.82 Å². The van der Waals surface area contributed by atoms with Gasteiger partial charge >= 0.3 is 5.97 Å². The lowest BCUT2D eigenvalue weighted by Gasteiger charge is -2.32. The van der Waals surface area contributed by atoms with Gasteiger partial charge in [0.25, 0.3) is 0 Å². The van der Waals surface area contributed by atoms with Crippen molar-refractivity contribution in [2.24, 2.45) is 0 Å². The summed E-state index contributed by atoms with van der Waals surface area (Å²) in [6, 6.07) is 5.60. The minimum atomic E-state index is -0.314. The zero-order valence-corrected chi connectivity index (χ0v) is 14.1. The Hall–Kier alpha value is -1.93. The molecule has 0 bridgehead atoms. The lowest BCUT2D eigenvalue weighted by atomic mass is 10.2. The fourth-order valence-electron chi connectivity index (χ4n) is 2.49. The number of rotatable bonds is 5. The molecule has 3 rings (SSSR count). The van der Waals surface area contributed by atoms with Crippen molar-refractivity contribution in [1.29, 1.82) is 0 Å². The van der Waals surface area contributed by atoms with Crippen molar-refractivity contribution in [3.63, 3.8) is 0 Å². The summed E-state index contributed by atoms with van der Waals surface area (Å²) < 4.78 is 23.4. The van der Waals surface area contributed by atoms with E-state index in [1.54, 1.807) is 30.8 Å². The zero-order chi connectivity index (χ0) is 16.9. The van der Waals surface area contributed by atoms with Crippen LogP contribution in [-0.4, -0.2) is 51.7 Å². The van der Waals surface area contributed by atoms with Crippen LogP contribution in [0.2, 0.25) is 0 Å². The van der Waals surface area contributed by atoms with E-state index < -0.39 is 0 Å². The van der Waals surface area contributed by atoms with Gasteiger partial charge in [-0.3, -0.25) is 9.69 Å². The van der Waals surface area contributed by atoms with E-state index >= 15 is 0 Å². The Balaban J connectivity index is 1.70. The highest BCUT2D eigenvalue weighted by molar-refractivity contribution is 7.99. The molecular weight excluding hydrogens is 333 g/mol. The highest BCUT2D eigenvalue weighted by Gasteiger charge is 2.31. The summed E-state index contributed by atoms with van der Waals surface area (Å²) in [6.45, 7) is 3.30. The van der Waals surface area contributed by atoms with Crippen LogP contribution in [0.4, 0.5) is 4.39 Å². The Kier molecular flexibility index (Phi) is 5.47. The summed E-state index contributed by atoms with van der Waals surface area (Å²) in [5.41, 5.74) is 0.683. The van der Waals surface area contributed by atoms with E-state index in [4.69, 9.17) is 9.26 Å². The number of carbonyl (C=O) groups excluding carboxylic acids is 1. The summed E-state index contributed by atoms with van der Waals surface area (Å²) in [5, 5.41) is 3.93. The van der Waals surface area contributed by atoms with Gasteiger partial charge in [0.1, 0.15) is 11.9 Å². The minimum absolute atomic E-state index is 0.219. The average molecular weight is 351 g/mol. The number of hydrogen-bond donors (Lipinski definition) is 0. The van der Waals surface area contributed by atoms with Crippen LogP contribution in [0.5, 0.6) is 0 Å². The first-order valence-electron chi connectivity index (χ1n) is 7.74. The molecule has 1 aromatic carbocycles. The molecule has 1 saturated heterocycles. The molecule has 2 aromatic rings. The van der Waals surface area contributed by atoms with Crippen LogP contribution in [0.3, 0.4) is 0 Å². The molecule has 1 atom stereocenters. The number of thioether (sulfide) groups is 1. The molecule has 24 heavy (non-hydrogen) atoms. The fourth-order valence-corrected chi connectivity index (χ4v) is 3.59. The first kappa shape index (κ1) is 16.9. The normalized spacial score (nSPS) is 18.5. The number of esters is 1. The van der Waals surface area contributed by atoms with Crippen LogP contribution in [0.15, 0.2) is 28.8 Å². The number of hydrogen-bond acceptors (Lipinski definition) is 7. The second-order valence-corrected chi connectivity index (χ2v) is 6.48. The van der Waals surface area contributed by atoms with E-state index in [2.05, 4.69) is 10.1 Å². The van der Waals surface area contributed by atoms with E-state index in [1.165, 1.54) is 12.1 Å².